The molecule has 0 saturated heterocycles. The minimum atomic E-state index is 0.298. The maximum Gasteiger partial charge on any atom is 0.191 e. The Bertz CT molecular complexity index is 442. The van der Waals surface area contributed by atoms with E-state index in [4.69, 9.17) is 4.74 Å². The number of hydrogen-bond donors (Lipinski definition) is 2. The third-order valence-corrected chi connectivity index (χ3v) is 3.68. The van der Waals surface area contributed by atoms with E-state index in [9.17, 15) is 0 Å². The lowest BCUT2D eigenvalue weighted by Gasteiger charge is -2.26. The molecule has 0 aliphatic rings. The normalized spacial score (nSPS) is 13.3. The van der Waals surface area contributed by atoms with Gasteiger partial charge < -0.3 is 20.3 Å². The second-order valence-electron chi connectivity index (χ2n) is 5.45. The lowest BCUT2D eigenvalue weighted by Crippen LogP contribution is -2.42. The molecule has 0 heterocycles. The van der Waals surface area contributed by atoms with Crippen molar-refractivity contribution in [3.63, 3.8) is 0 Å². The molecule has 0 aliphatic heterocycles. The summed E-state index contributed by atoms with van der Waals surface area (Å²) in [4.78, 5) is 6.45. The molecule has 1 atom stereocenters. The van der Waals surface area contributed by atoms with Gasteiger partial charge in [-0.2, -0.15) is 0 Å². The highest BCUT2D eigenvalue weighted by Gasteiger charge is 2.14. The van der Waals surface area contributed by atoms with Crippen LogP contribution in [0.3, 0.4) is 0 Å². The van der Waals surface area contributed by atoms with Crippen LogP contribution in [0.1, 0.15) is 24.1 Å². The Morgan fingerprint density at radius 1 is 1.23 bits per heavy atom. The van der Waals surface area contributed by atoms with E-state index in [0.717, 1.165) is 25.5 Å². The topological polar surface area (TPSA) is 48.9 Å². The molecule has 0 aliphatic carbocycles. The number of nitrogens with zero attached hydrogens (tertiary/aromatic N) is 2. The van der Waals surface area contributed by atoms with Crippen LogP contribution >= 0.6 is 0 Å². The molecule has 0 saturated carbocycles. The molecule has 2 N–H and O–H groups in total. The van der Waals surface area contributed by atoms with Crippen molar-refractivity contribution in [2.45, 2.75) is 19.4 Å². The first-order chi connectivity index (χ1) is 10.6. The molecular formula is C17H30N4O. The van der Waals surface area contributed by atoms with Crippen LogP contribution in [0.15, 0.2) is 29.3 Å². The average Bonchev–Trinajstić information content (AvgIpc) is 2.53. The average molecular weight is 306 g/mol. The highest BCUT2D eigenvalue weighted by atomic mass is 16.5. The Balaban J connectivity index is 2.63. The maximum absolute atomic E-state index is 5.04. The number of guanidine groups is 1. The van der Waals surface area contributed by atoms with Gasteiger partial charge in [-0.15, -0.1) is 0 Å². The molecule has 124 valence electrons. The van der Waals surface area contributed by atoms with Gasteiger partial charge in [-0.3, -0.25) is 4.99 Å². The highest BCUT2D eigenvalue weighted by molar-refractivity contribution is 5.79. The summed E-state index contributed by atoms with van der Waals surface area (Å²) in [5.74, 6) is 0.800. The number of aliphatic imine (C=N–C) groups is 1. The molecule has 1 unspecified atom stereocenters. The van der Waals surface area contributed by atoms with E-state index < -0.39 is 0 Å². The van der Waals surface area contributed by atoms with Crippen molar-refractivity contribution >= 4 is 5.96 Å². The van der Waals surface area contributed by atoms with Crippen molar-refractivity contribution in [2.24, 2.45) is 4.99 Å². The molecule has 0 fully saturated rings. The first-order valence-corrected chi connectivity index (χ1v) is 7.81. The van der Waals surface area contributed by atoms with Crippen LogP contribution in [-0.2, 0) is 11.2 Å². The van der Waals surface area contributed by atoms with Crippen LogP contribution in [-0.4, -0.2) is 58.8 Å². The first kappa shape index (κ1) is 18.5. The Morgan fingerprint density at radius 2 is 1.91 bits per heavy atom. The van der Waals surface area contributed by atoms with Crippen molar-refractivity contribution in [1.82, 2.24) is 15.5 Å². The number of nitrogens with one attached hydrogen (secondary N) is 2. The minimum absolute atomic E-state index is 0.298. The molecule has 0 bridgehead atoms. The van der Waals surface area contributed by atoms with Crippen LogP contribution in [0, 0.1) is 0 Å². The van der Waals surface area contributed by atoms with Crippen molar-refractivity contribution in [1.29, 1.82) is 0 Å². The standard InChI is InChI=1S/C17H30N4O/c1-6-14-7-9-15(10-8-14)16(21(3)4)13-20-17(18-2)19-11-12-22-5/h7-10,16H,6,11-13H2,1-5H3,(H2,18,19,20). The second kappa shape index (κ2) is 10.2. The van der Waals surface area contributed by atoms with E-state index >= 15 is 0 Å². The van der Waals surface area contributed by atoms with Gasteiger partial charge in [0.15, 0.2) is 5.96 Å². The van der Waals surface area contributed by atoms with Crippen LogP contribution < -0.4 is 10.6 Å². The second-order valence-corrected chi connectivity index (χ2v) is 5.45. The summed E-state index contributed by atoms with van der Waals surface area (Å²) in [6.45, 7) is 4.38. The quantitative estimate of drug-likeness (QED) is 0.436. The molecule has 22 heavy (non-hydrogen) atoms. The van der Waals surface area contributed by atoms with Crippen molar-refractivity contribution in [3.05, 3.63) is 35.4 Å². The summed E-state index contributed by atoms with van der Waals surface area (Å²) < 4.78 is 5.04. The zero-order valence-corrected chi connectivity index (χ0v) is 14.5. The number of likely N-dealkylation sites (N-methyl/N-ethyl adjacent to an activating group) is 1. The van der Waals surface area contributed by atoms with E-state index in [1.807, 2.05) is 0 Å². The smallest absolute Gasteiger partial charge is 0.191 e. The number of aryl methyl sites for hydroxylation is 1. The van der Waals surface area contributed by atoms with Crippen molar-refractivity contribution < 1.29 is 4.74 Å². The fourth-order valence-corrected chi connectivity index (χ4v) is 2.26. The fourth-order valence-electron chi connectivity index (χ4n) is 2.26. The molecule has 1 rings (SSSR count). The van der Waals surface area contributed by atoms with Crippen LogP contribution in [0.25, 0.3) is 0 Å². The highest BCUT2D eigenvalue weighted by Crippen LogP contribution is 2.18. The van der Waals surface area contributed by atoms with Crippen LogP contribution in [0.5, 0.6) is 0 Å². The zero-order chi connectivity index (χ0) is 16.4. The molecular weight excluding hydrogens is 276 g/mol. The maximum atomic E-state index is 5.04. The molecule has 1 aromatic carbocycles. The van der Waals surface area contributed by atoms with Gasteiger partial charge in [0, 0.05) is 27.2 Å². The Kier molecular flexibility index (Phi) is 8.55. The lowest BCUT2D eigenvalue weighted by molar-refractivity contribution is 0.203. The number of hydrogen-bond acceptors (Lipinski definition) is 3. The summed E-state index contributed by atoms with van der Waals surface area (Å²) in [5.41, 5.74) is 2.67. The lowest BCUT2D eigenvalue weighted by atomic mass is 10.0. The number of rotatable bonds is 8. The van der Waals surface area contributed by atoms with Gasteiger partial charge in [-0.25, -0.2) is 0 Å². The van der Waals surface area contributed by atoms with Gasteiger partial charge >= 0.3 is 0 Å². The van der Waals surface area contributed by atoms with E-state index in [2.05, 4.69) is 65.8 Å². The number of benzene rings is 1. The van der Waals surface area contributed by atoms with Crippen LogP contribution in [0.2, 0.25) is 0 Å². The molecule has 0 aromatic heterocycles. The molecule has 5 heteroatoms. The third kappa shape index (κ3) is 6.03. The van der Waals surface area contributed by atoms with E-state index in [0.29, 0.717) is 12.6 Å². The molecule has 0 amide bonds. The monoisotopic (exact) mass is 306 g/mol. The predicted molar refractivity (Wildman–Crippen MR) is 93.5 cm³/mol. The van der Waals surface area contributed by atoms with Gasteiger partial charge in [0.1, 0.15) is 0 Å². The molecule has 1 aromatic rings. The number of ether oxygens (including phenoxy) is 1. The Morgan fingerprint density at radius 3 is 2.41 bits per heavy atom. The largest absolute Gasteiger partial charge is 0.383 e. The van der Waals surface area contributed by atoms with Crippen molar-refractivity contribution in [3.8, 4) is 0 Å². The summed E-state index contributed by atoms with van der Waals surface area (Å²) in [6, 6.07) is 9.14. The van der Waals surface area contributed by atoms with Gasteiger partial charge in [0.25, 0.3) is 0 Å². The van der Waals surface area contributed by atoms with E-state index in [-0.39, 0.29) is 0 Å². The van der Waals surface area contributed by atoms with Crippen molar-refractivity contribution in [2.75, 3.05) is 47.9 Å². The van der Waals surface area contributed by atoms with Gasteiger partial charge in [0.05, 0.1) is 12.6 Å². The summed E-state index contributed by atoms with van der Waals surface area (Å²) in [6.07, 6.45) is 1.07. The van der Waals surface area contributed by atoms with Crippen LogP contribution in [0.4, 0.5) is 0 Å². The third-order valence-electron chi connectivity index (χ3n) is 3.68. The van der Waals surface area contributed by atoms with Gasteiger partial charge in [0.2, 0.25) is 0 Å². The first-order valence-electron chi connectivity index (χ1n) is 7.81. The van der Waals surface area contributed by atoms with Gasteiger partial charge in [-0.05, 0) is 31.6 Å². The van der Waals surface area contributed by atoms with Gasteiger partial charge in [-0.1, -0.05) is 31.2 Å². The molecule has 5 nitrogen and oxygen atoms in total. The fraction of sp³-hybridized carbons (Fsp3) is 0.588. The summed E-state index contributed by atoms with van der Waals surface area (Å²) >= 11 is 0. The van der Waals surface area contributed by atoms with E-state index in [1.54, 1.807) is 14.2 Å². The summed E-state index contributed by atoms with van der Waals surface area (Å²) in [5, 5.41) is 6.61. The molecule has 0 radical (unpaired) electrons. The van der Waals surface area contributed by atoms with E-state index in [1.165, 1.54) is 11.1 Å². The Hall–Kier alpha value is -1.59. The minimum Gasteiger partial charge on any atom is -0.383 e. The number of methoxy groups -OCH3 is 1. The Labute approximate surface area is 134 Å². The summed E-state index contributed by atoms with van der Waals surface area (Å²) in [7, 11) is 7.67. The zero-order valence-electron chi connectivity index (χ0n) is 14.5. The predicted octanol–water partition coefficient (Wildman–Crippen LogP) is 1.66. The molecule has 0 spiro atoms. The SMILES string of the molecule is CCc1ccc(C(CNC(=NC)NCCOC)N(C)C)cc1.